The first kappa shape index (κ1) is 18.6. The maximum absolute atomic E-state index is 13.0. The van der Waals surface area contributed by atoms with E-state index in [1.165, 1.54) is 12.1 Å². The summed E-state index contributed by atoms with van der Waals surface area (Å²) in [5, 5.41) is 2.81. The lowest BCUT2D eigenvalue weighted by molar-refractivity contribution is -0.121. The zero-order valence-electron chi connectivity index (χ0n) is 15.4. The van der Waals surface area contributed by atoms with Crippen molar-refractivity contribution in [3.63, 3.8) is 0 Å². The van der Waals surface area contributed by atoms with Crippen LogP contribution in [0.1, 0.15) is 23.2 Å². The molecule has 1 fully saturated rings. The summed E-state index contributed by atoms with van der Waals surface area (Å²) in [6, 6.07) is 19.8. The van der Waals surface area contributed by atoms with Gasteiger partial charge < -0.3 is 5.32 Å². The van der Waals surface area contributed by atoms with E-state index >= 15 is 0 Å². The molecular weight excluding hydrogens is 371 g/mol. The van der Waals surface area contributed by atoms with E-state index in [2.05, 4.69) is 5.32 Å². The Labute approximate surface area is 166 Å². The van der Waals surface area contributed by atoms with Gasteiger partial charge in [-0.05, 0) is 59.7 Å². The van der Waals surface area contributed by atoms with Crippen LogP contribution < -0.4 is 10.2 Å². The molecule has 0 bridgehead atoms. The van der Waals surface area contributed by atoms with E-state index in [0.29, 0.717) is 16.9 Å². The average Bonchev–Trinajstić information content (AvgIpc) is 3.07. The highest BCUT2D eigenvalue weighted by Crippen LogP contribution is 2.24. The number of nitrogens with zero attached hydrogens (tertiary/aromatic N) is 1. The van der Waals surface area contributed by atoms with Crippen molar-refractivity contribution in [2.45, 2.75) is 12.8 Å². The molecule has 0 aliphatic carbocycles. The average molecular weight is 388 g/mol. The Kier molecular flexibility index (Phi) is 4.91. The summed E-state index contributed by atoms with van der Waals surface area (Å²) >= 11 is 0. The second-order valence-electron chi connectivity index (χ2n) is 6.71. The van der Waals surface area contributed by atoms with E-state index in [1.807, 2.05) is 12.1 Å². The Morgan fingerprint density at radius 1 is 0.759 bits per heavy atom. The Bertz CT molecular complexity index is 1060. The van der Waals surface area contributed by atoms with Crippen LogP contribution in [0.15, 0.2) is 72.8 Å². The van der Waals surface area contributed by atoms with Gasteiger partial charge in [-0.3, -0.25) is 19.3 Å². The van der Waals surface area contributed by atoms with Crippen LogP contribution in [0.25, 0.3) is 11.1 Å². The molecule has 144 valence electrons. The van der Waals surface area contributed by atoms with Gasteiger partial charge in [0.25, 0.3) is 5.91 Å². The zero-order valence-corrected chi connectivity index (χ0v) is 15.4. The number of anilines is 2. The Morgan fingerprint density at radius 3 is 1.83 bits per heavy atom. The molecule has 1 aliphatic rings. The van der Waals surface area contributed by atoms with Gasteiger partial charge in [0, 0.05) is 24.1 Å². The SMILES string of the molecule is O=C(Nc1ccc(-c2ccc(F)cc2)cc1)c1ccc(N2C(=O)CCC2=O)cc1. The molecule has 0 saturated carbocycles. The number of rotatable bonds is 4. The molecule has 1 aliphatic heterocycles. The summed E-state index contributed by atoms with van der Waals surface area (Å²) in [6.07, 6.45) is 0.435. The maximum atomic E-state index is 13.0. The van der Waals surface area contributed by atoms with Gasteiger partial charge in [-0.25, -0.2) is 4.39 Å². The fraction of sp³-hybridized carbons (Fsp3) is 0.0870. The quantitative estimate of drug-likeness (QED) is 0.674. The molecule has 0 unspecified atom stereocenters. The molecule has 1 N–H and O–H groups in total. The van der Waals surface area contributed by atoms with Crippen molar-refractivity contribution in [1.82, 2.24) is 0 Å². The minimum absolute atomic E-state index is 0.217. The summed E-state index contributed by atoms with van der Waals surface area (Å²) in [4.78, 5) is 37.2. The molecule has 1 saturated heterocycles. The third-order valence-electron chi connectivity index (χ3n) is 4.76. The molecule has 6 heteroatoms. The van der Waals surface area contributed by atoms with Crippen molar-refractivity contribution in [3.05, 3.63) is 84.2 Å². The van der Waals surface area contributed by atoms with Crippen molar-refractivity contribution in [1.29, 1.82) is 0 Å². The highest BCUT2D eigenvalue weighted by molar-refractivity contribution is 6.20. The van der Waals surface area contributed by atoms with E-state index < -0.39 is 0 Å². The van der Waals surface area contributed by atoms with Crippen molar-refractivity contribution in [2.75, 3.05) is 10.2 Å². The number of carbonyl (C=O) groups is 3. The first-order valence-electron chi connectivity index (χ1n) is 9.14. The molecule has 5 nitrogen and oxygen atoms in total. The van der Waals surface area contributed by atoms with E-state index in [1.54, 1.807) is 48.5 Å². The Morgan fingerprint density at radius 2 is 1.28 bits per heavy atom. The van der Waals surface area contributed by atoms with Crippen LogP contribution in [0.2, 0.25) is 0 Å². The molecular formula is C23H17FN2O3. The zero-order chi connectivity index (χ0) is 20.4. The number of imide groups is 1. The van der Waals surface area contributed by atoms with Gasteiger partial charge in [0.2, 0.25) is 11.8 Å². The summed E-state index contributed by atoms with van der Waals surface area (Å²) in [5.41, 5.74) is 3.29. The minimum Gasteiger partial charge on any atom is -0.322 e. The van der Waals surface area contributed by atoms with Gasteiger partial charge in [0.1, 0.15) is 5.82 Å². The van der Waals surface area contributed by atoms with Crippen molar-refractivity contribution < 1.29 is 18.8 Å². The largest absolute Gasteiger partial charge is 0.322 e. The molecule has 0 aromatic heterocycles. The maximum Gasteiger partial charge on any atom is 0.255 e. The number of halogens is 1. The van der Waals surface area contributed by atoms with Crippen molar-refractivity contribution in [2.24, 2.45) is 0 Å². The second kappa shape index (κ2) is 7.67. The van der Waals surface area contributed by atoms with Gasteiger partial charge in [0.05, 0.1) is 5.69 Å². The topological polar surface area (TPSA) is 66.5 Å². The monoisotopic (exact) mass is 388 g/mol. The normalized spacial score (nSPS) is 13.6. The lowest BCUT2D eigenvalue weighted by atomic mass is 10.1. The van der Waals surface area contributed by atoms with Gasteiger partial charge in [-0.15, -0.1) is 0 Å². The molecule has 4 rings (SSSR count). The molecule has 29 heavy (non-hydrogen) atoms. The van der Waals surface area contributed by atoms with Gasteiger partial charge in [0.15, 0.2) is 0 Å². The standard InChI is InChI=1S/C23H17FN2O3/c24-18-7-1-15(2-8-18)16-3-9-19(10-4-16)25-23(29)17-5-11-20(12-6-17)26-21(27)13-14-22(26)28/h1-12H,13-14H2,(H,25,29). The second-order valence-corrected chi connectivity index (χ2v) is 6.71. The van der Waals surface area contributed by atoms with E-state index in [4.69, 9.17) is 0 Å². The summed E-state index contributed by atoms with van der Waals surface area (Å²) < 4.78 is 13.0. The molecule has 3 amide bonds. The van der Waals surface area contributed by atoms with E-state index in [9.17, 15) is 18.8 Å². The summed E-state index contributed by atoms with van der Waals surface area (Å²) in [7, 11) is 0. The highest BCUT2D eigenvalue weighted by atomic mass is 19.1. The first-order chi connectivity index (χ1) is 14.0. The molecule has 3 aromatic rings. The first-order valence-corrected chi connectivity index (χ1v) is 9.14. The van der Waals surface area contributed by atoms with Crippen molar-refractivity contribution >= 4 is 29.1 Å². The fourth-order valence-electron chi connectivity index (χ4n) is 3.22. The number of benzene rings is 3. The predicted molar refractivity (Wildman–Crippen MR) is 108 cm³/mol. The van der Waals surface area contributed by atoms with Crippen molar-refractivity contribution in [3.8, 4) is 11.1 Å². The van der Waals surface area contributed by atoms with Gasteiger partial charge in [-0.1, -0.05) is 24.3 Å². The smallest absolute Gasteiger partial charge is 0.255 e. The van der Waals surface area contributed by atoms with Crippen LogP contribution >= 0.6 is 0 Å². The summed E-state index contributed by atoms with van der Waals surface area (Å²) in [6.45, 7) is 0. The van der Waals surface area contributed by atoms with Crippen LogP contribution in [-0.2, 0) is 9.59 Å². The number of carbonyl (C=O) groups excluding carboxylic acids is 3. The van der Waals surface area contributed by atoms with Crippen LogP contribution in [0, 0.1) is 5.82 Å². The third-order valence-corrected chi connectivity index (χ3v) is 4.76. The Hall–Kier alpha value is -3.80. The number of amides is 3. The molecule has 3 aromatic carbocycles. The minimum atomic E-state index is -0.301. The van der Waals surface area contributed by atoms with Gasteiger partial charge >= 0.3 is 0 Å². The fourth-order valence-corrected chi connectivity index (χ4v) is 3.22. The number of hydrogen-bond acceptors (Lipinski definition) is 3. The summed E-state index contributed by atoms with van der Waals surface area (Å²) in [5.74, 6) is -1.05. The lowest BCUT2D eigenvalue weighted by Gasteiger charge is -2.14. The molecule has 1 heterocycles. The lowest BCUT2D eigenvalue weighted by Crippen LogP contribution is -2.28. The molecule has 0 atom stereocenters. The van der Waals surface area contributed by atoms with E-state index in [0.717, 1.165) is 16.0 Å². The third kappa shape index (κ3) is 3.91. The highest BCUT2D eigenvalue weighted by Gasteiger charge is 2.30. The van der Waals surface area contributed by atoms with Crippen LogP contribution in [0.4, 0.5) is 15.8 Å². The van der Waals surface area contributed by atoms with E-state index in [-0.39, 0.29) is 36.4 Å². The van der Waals surface area contributed by atoms with Crippen LogP contribution in [0.3, 0.4) is 0 Å². The Balaban J connectivity index is 1.44. The number of nitrogens with one attached hydrogen (secondary N) is 1. The van der Waals surface area contributed by atoms with Crippen LogP contribution in [-0.4, -0.2) is 17.7 Å². The predicted octanol–water partition coefficient (Wildman–Crippen LogP) is 4.40. The van der Waals surface area contributed by atoms with Gasteiger partial charge in [-0.2, -0.15) is 0 Å². The van der Waals surface area contributed by atoms with Crippen LogP contribution in [0.5, 0.6) is 0 Å². The number of hydrogen-bond donors (Lipinski definition) is 1. The molecule has 0 spiro atoms. The molecule has 0 radical (unpaired) electrons.